The lowest BCUT2D eigenvalue weighted by molar-refractivity contribution is 0.252. The van der Waals surface area contributed by atoms with Crippen LogP contribution in [0.5, 0.6) is 0 Å². The molecule has 2 atom stereocenters. The number of hydrogen-bond donors (Lipinski definition) is 1. The molecule has 0 bridgehead atoms. The van der Waals surface area contributed by atoms with E-state index in [1.54, 1.807) is 0 Å². The molecule has 0 aromatic heterocycles. The summed E-state index contributed by atoms with van der Waals surface area (Å²) in [5.74, 6) is 0. The van der Waals surface area contributed by atoms with Gasteiger partial charge in [-0.1, -0.05) is 67.9 Å². The Morgan fingerprint density at radius 3 is 2.43 bits per heavy atom. The van der Waals surface area contributed by atoms with Gasteiger partial charge in [-0.05, 0) is 42.4 Å². The third-order valence-electron chi connectivity index (χ3n) is 4.79. The van der Waals surface area contributed by atoms with Crippen LogP contribution >= 0.6 is 0 Å². The summed E-state index contributed by atoms with van der Waals surface area (Å²) in [6.07, 6.45) is 1.15. The first kappa shape index (κ1) is 14.3. The molecular weight excluding hydrogens is 254 g/mol. The van der Waals surface area contributed by atoms with Crippen LogP contribution in [0, 0.1) is 12.3 Å². The Kier molecular flexibility index (Phi) is 3.62. The SMILES string of the molecule is Cc1ccc([C@@H](C)NC2c3ccccc3CC2(C)C)cc1. The predicted molar refractivity (Wildman–Crippen MR) is 89.4 cm³/mol. The summed E-state index contributed by atoms with van der Waals surface area (Å²) in [7, 11) is 0. The van der Waals surface area contributed by atoms with Crippen molar-refractivity contribution in [1.29, 1.82) is 0 Å². The summed E-state index contributed by atoms with van der Waals surface area (Å²) in [5.41, 5.74) is 5.92. The molecule has 0 saturated carbocycles. The Morgan fingerprint density at radius 1 is 1.05 bits per heavy atom. The molecule has 2 aromatic rings. The van der Waals surface area contributed by atoms with Gasteiger partial charge in [-0.15, -0.1) is 0 Å². The standard InChI is InChI=1S/C20H25N/c1-14-9-11-16(12-10-14)15(2)21-19-18-8-6-5-7-17(18)13-20(19,3)4/h5-12,15,19,21H,13H2,1-4H3/t15-,19?/m1/s1. The molecule has 1 unspecified atom stereocenters. The number of hydrogen-bond acceptors (Lipinski definition) is 1. The number of rotatable bonds is 3. The van der Waals surface area contributed by atoms with Crippen molar-refractivity contribution in [3.63, 3.8) is 0 Å². The minimum atomic E-state index is 0.267. The summed E-state index contributed by atoms with van der Waals surface area (Å²) in [6, 6.07) is 18.5. The highest BCUT2D eigenvalue weighted by atomic mass is 15.0. The molecule has 0 amide bonds. The van der Waals surface area contributed by atoms with Gasteiger partial charge in [0.05, 0.1) is 0 Å². The van der Waals surface area contributed by atoms with Crippen molar-refractivity contribution in [1.82, 2.24) is 5.32 Å². The van der Waals surface area contributed by atoms with Crippen LogP contribution in [0.4, 0.5) is 0 Å². The predicted octanol–water partition coefficient (Wildman–Crippen LogP) is 4.97. The van der Waals surface area contributed by atoms with Crippen molar-refractivity contribution in [2.24, 2.45) is 5.41 Å². The highest BCUT2D eigenvalue weighted by Gasteiger charge is 2.39. The lowest BCUT2D eigenvalue weighted by Crippen LogP contribution is -2.33. The number of benzene rings is 2. The number of nitrogens with one attached hydrogen (secondary N) is 1. The average Bonchev–Trinajstić information content (AvgIpc) is 2.70. The van der Waals surface area contributed by atoms with Crippen LogP contribution in [0.2, 0.25) is 0 Å². The van der Waals surface area contributed by atoms with Crippen molar-refractivity contribution >= 4 is 0 Å². The zero-order valence-corrected chi connectivity index (χ0v) is 13.5. The van der Waals surface area contributed by atoms with Crippen LogP contribution in [0.15, 0.2) is 48.5 Å². The highest BCUT2D eigenvalue weighted by molar-refractivity contribution is 5.38. The average molecular weight is 279 g/mol. The van der Waals surface area contributed by atoms with Gasteiger partial charge in [0.15, 0.2) is 0 Å². The first-order valence-corrected chi connectivity index (χ1v) is 7.88. The van der Waals surface area contributed by atoms with Gasteiger partial charge in [-0.3, -0.25) is 0 Å². The highest BCUT2D eigenvalue weighted by Crippen LogP contribution is 2.45. The monoisotopic (exact) mass is 279 g/mol. The number of aryl methyl sites for hydroxylation is 1. The van der Waals surface area contributed by atoms with Crippen LogP contribution in [0.25, 0.3) is 0 Å². The van der Waals surface area contributed by atoms with Crippen molar-refractivity contribution < 1.29 is 0 Å². The summed E-state index contributed by atoms with van der Waals surface area (Å²) < 4.78 is 0. The molecule has 0 saturated heterocycles. The summed E-state index contributed by atoms with van der Waals surface area (Å²) >= 11 is 0. The normalized spacial score (nSPS) is 21.0. The van der Waals surface area contributed by atoms with Gasteiger partial charge in [0.2, 0.25) is 0 Å². The minimum Gasteiger partial charge on any atom is -0.303 e. The second-order valence-corrected chi connectivity index (χ2v) is 7.10. The molecule has 0 aliphatic heterocycles. The molecule has 1 aliphatic rings. The minimum absolute atomic E-state index is 0.267. The molecule has 1 heteroatoms. The quantitative estimate of drug-likeness (QED) is 0.836. The molecule has 110 valence electrons. The molecule has 1 nitrogen and oxygen atoms in total. The molecule has 0 heterocycles. The summed E-state index contributed by atoms with van der Waals surface area (Å²) in [6.45, 7) is 9.14. The van der Waals surface area contributed by atoms with Crippen molar-refractivity contribution in [3.8, 4) is 0 Å². The molecule has 21 heavy (non-hydrogen) atoms. The van der Waals surface area contributed by atoms with E-state index in [9.17, 15) is 0 Å². The number of fused-ring (bicyclic) bond motifs is 1. The fraction of sp³-hybridized carbons (Fsp3) is 0.400. The van der Waals surface area contributed by atoms with Crippen molar-refractivity contribution in [2.75, 3.05) is 0 Å². The van der Waals surface area contributed by atoms with Gasteiger partial charge in [0, 0.05) is 12.1 Å². The van der Waals surface area contributed by atoms with E-state index in [-0.39, 0.29) is 5.41 Å². The molecule has 0 spiro atoms. The Hall–Kier alpha value is -1.60. The lowest BCUT2D eigenvalue weighted by Gasteiger charge is -2.31. The first-order valence-electron chi connectivity index (χ1n) is 7.88. The van der Waals surface area contributed by atoms with Crippen LogP contribution < -0.4 is 5.32 Å². The van der Waals surface area contributed by atoms with E-state index in [2.05, 4.69) is 81.5 Å². The van der Waals surface area contributed by atoms with E-state index in [1.165, 1.54) is 22.3 Å². The smallest absolute Gasteiger partial charge is 0.0382 e. The van der Waals surface area contributed by atoms with Crippen LogP contribution in [0.3, 0.4) is 0 Å². The third kappa shape index (κ3) is 2.75. The van der Waals surface area contributed by atoms with E-state index in [1.807, 2.05) is 0 Å². The van der Waals surface area contributed by atoms with Gasteiger partial charge in [0.25, 0.3) is 0 Å². The van der Waals surface area contributed by atoms with Gasteiger partial charge >= 0.3 is 0 Å². The Morgan fingerprint density at radius 2 is 1.71 bits per heavy atom. The zero-order chi connectivity index (χ0) is 15.0. The van der Waals surface area contributed by atoms with E-state index in [4.69, 9.17) is 0 Å². The fourth-order valence-corrected chi connectivity index (χ4v) is 3.51. The Balaban J connectivity index is 1.85. The molecule has 1 N–H and O–H groups in total. The molecular formula is C20H25N. The first-order chi connectivity index (χ1) is 9.97. The summed E-state index contributed by atoms with van der Waals surface area (Å²) in [4.78, 5) is 0. The van der Waals surface area contributed by atoms with Gasteiger partial charge in [0.1, 0.15) is 0 Å². The largest absolute Gasteiger partial charge is 0.303 e. The topological polar surface area (TPSA) is 12.0 Å². The van der Waals surface area contributed by atoms with Crippen molar-refractivity contribution in [2.45, 2.75) is 46.2 Å². The maximum Gasteiger partial charge on any atom is 0.0382 e. The second kappa shape index (κ2) is 5.31. The van der Waals surface area contributed by atoms with E-state index >= 15 is 0 Å². The summed E-state index contributed by atoms with van der Waals surface area (Å²) in [5, 5.41) is 3.86. The maximum absolute atomic E-state index is 3.86. The van der Waals surface area contributed by atoms with E-state index in [0.717, 1.165) is 6.42 Å². The Bertz CT molecular complexity index is 625. The van der Waals surface area contributed by atoms with Crippen LogP contribution in [-0.4, -0.2) is 0 Å². The molecule has 0 radical (unpaired) electrons. The van der Waals surface area contributed by atoms with Gasteiger partial charge < -0.3 is 5.32 Å². The molecule has 3 rings (SSSR count). The van der Waals surface area contributed by atoms with E-state index in [0.29, 0.717) is 12.1 Å². The van der Waals surface area contributed by atoms with Gasteiger partial charge in [-0.2, -0.15) is 0 Å². The van der Waals surface area contributed by atoms with Gasteiger partial charge in [-0.25, -0.2) is 0 Å². The third-order valence-corrected chi connectivity index (χ3v) is 4.79. The van der Waals surface area contributed by atoms with Crippen LogP contribution in [-0.2, 0) is 6.42 Å². The molecule has 1 aliphatic carbocycles. The second-order valence-electron chi connectivity index (χ2n) is 7.10. The maximum atomic E-state index is 3.86. The fourth-order valence-electron chi connectivity index (χ4n) is 3.51. The molecule has 2 aromatic carbocycles. The lowest BCUT2D eigenvalue weighted by atomic mass is 9.84. The zero-order valence-electron chi connectivity index (χ0n) is 13.5. The van der Waals surface area contributed by atoms with Crippen LogP contribution in [0.1, 0.15) is 55.1 Å². The van der Waals surface area contributed by atoms with Crippen molar-refractivity contribution in [3.05, 3.63) is 70.8 Å². The Labute approximate surface area is 128 Å². The molecule has 0 fully saturated rings. The van der Waals surface area contributed by atoms with E-state index < -0.39 is 0 Å².